The lowest BCUT2D eigenvalue weighted by atomic mass is 9.96. The number of aromatic nitrogens is 3. The first-order valence-corrected chi connectivity index (χ1v) is 22.1. The summed E-state index contributed by atoms with van der Waals surface area (Å²) in [4.78, 5) is 15.9. The zero-order valence-corrected chi connectivity index (χ0v) is 34.9. The Morgan fingerprint density at radius 3 is 1.51 bits per heavy atom. The lowest BCUT2D eigenvalue weighted by molar-refractivity contribution is 1.18. The molecule has 4 heteroatoms. The Morgan fingerprint density at radius 1 is 0.302 bits per heavy atom. The van der Waals surface area contributed by atoms with Gasteiger partial charge in [0.25, 0.3) is 0 Å². The first-order valence-electron chi connectivity index (χ1n) is 21.2. The summed E-state index contributed by atoms with van der Waals surface area (Å²) in [5.41, 5.74) is 14.8. The maximum Gasteiger partial charge on any atom is 0.160 e. The second-order valence-electron chi connectivity index (χ2n) is 16.0. The van der Waals surface area contributed by atoms with Gasteiger partial charge >= 0.3 is 0 Å². The van der Waals surface area contributed by atoms with E-state index in [1.807, 2.05) is 23.5 Å². The van der Waals surface area contributed by atoms with Gasteiger partial charge in [0.15, 0.2) is 5.82 Å². The third-order valence-electron chi connectivity index (χ3n) is 12.1. The number of thiophene rings is 1. The summed E-state index contributed by atoms with van der Waals surface area (Å²) < 4.78 is 2.48. The van der Waals surface area contributed by atoms with Gasteiger partial charge in [-0.15, -0.1) is 11.3 Å². The topological polar surface area (TPSA) is 38.7 Å². The van der Waals surface area contributed by atoms with Crippen LogP contribution >= 0.6 is 11.3 Å². The highest BCUT2D eigenvalue weighted by Gasteiger charge is 2.19. The van der Waals surface area contributed by atoms with E-state index in [1.165, 1.54) is 53.0 Å². The zero-order valence-electron chi connectivity index (χ0n) is 34.1. The molecule has 0 aliphatic heterocycles. The fraction of sp³-hybridized carbons (Fsp3) is 0. The van der Waals surface area contributed by atoms with Gasteiger partial charge in [0.1, 0.15) is 0 Å². The van der Waals surface area contributed by atoms with Gasteiger partial charge in [0.2, 0.25) is 0 Å². The summed E-state index contributed by atoms with van der Waals surface area (Å²) in [5, 5.41) is 6.23. The number of fused-ring (bicyclic) bond motifs is 7. The minimum Gasteiger partial charge on any atom is -0.246 e. The van der Waals surface area contributed by atoms with Gasteiger partial charge in [0, 0.05) is 43.1 Å². The number of nitrogens with zero attached hydrogens (tertiary/aromatic N) is 3. The van der Waals surface area contributed by atoms with E-state index < -0.39 is 0 Å². The van der Waals surface area contributed by atoms with Crippen molar-refractivity contribution in [3.05, 3.63) is 224 Å². The first-order chi connectivity index (χ1) is 31.2. The molecule has 3 heterocycles. The summed E-state index contributed by atoms with van der Waals surface area (Å²) in [6, 6.07) is 79.6. The highest BCUT2D eigenvalue weighted by Crippen LogP contribution is 2.45. The lowest BCUT2D eigenvalue weighted by Crippen LogP contribution is -1.96. The van der Waals surface area contributed by atoms with Gasteiger partial charge in [-0.3, -0.25) is 0 Å². The smallest absolute Gasteiger partial charge is 0.160 e. The second kappa shape index (κ2) is 15.4. The molecule has 0 bridgehead atoms. The lowest BCUT2D eigenvalue weighted by Gasteiger charge is -2.13. The normalized spacial score (nSPS) is 11.5. The van der Waals surface area contributed by atoms with Crippen molar-refractivity contribution in [3.8, 4) is 78.5 Å². The molecule has 0 radical (unpaired) electrons. The Labute approximate surface area is 369 Å². The molecule has 0 N–H and O–H groups in total. The SMILES string of the molecule is c1ccc(-c2ccc(-c3cc(-c4cccc(-c5cccc(-c6nc7ccc8ccccc8c7c7c6sc6ccccc67)c5)c4)nc(-c4ccc(-c5ccccc5)cc4)n3)cc2)cc1. The quantitative estimate of drug-likeness (QED) is 0.150. The van der Waals surface area contributed by atoms with Gasteiger partial charge in [0.05, 0.1) is 27.3 Å². The van der Waals surface area contributed by atoms with Crippen molar-refractivity contribution in [2.24, 2.45) is 0 Å². The molecule has 0 unspecified atom stereocenters. The van der Waals surface area contributed by atoms with Crippen molar-refractivity contribution in [2.45, 2.75) is 0 Å². The minimum absolute atomic E-state index is 0.684. The van der Waals surface area contributed by atoms with Crippen molar-refractivity contribution in [3.63, 3.8) is 0 Å². The average molecular weight is 820 g/mol. The Balaban J connectivity index is 0.964. The molecule has 12 aromatic rings. The van der Waals surface area contributed by atoms with Gasteiger partial charge in [-0.2, -0.15) is 0 Å². The van der Waals surface area contributed by atoms with E-state index in [0.717, 1.165) is 61.5 Å². The Morgan fingerprint density at radius 2 is 0.810 bits per heavy atom. The van der Waals surface area contributed by atoms with Crippen molar-refractivity contribution in [1.29, 1.82) is 0 Å². The van der Waals surface area contributed by atoms with E-state index in [1.54, 1.807) is 0 Å². The van der Waals surface area contributed by atoms with Crippen molar-refractivity contribution in [1.82, 2.24) is 15.0 Å². The van der Waals surface area contributed by atoms with E-state index >= 15 is 0 Å². The first kappa shape index (κ1) is 36.8. The van der Waals surface area contributed by atoms with Crippen LogP contribution in [0.2, 0.25) is 0 Å². The Hall–Kier alpha value is -8.05. The van der Waals surface area contributed by atoms with Crippen LogP contribution in [-0.2, 0) is 0 Å². The van der Waals surface area contributed by atoms with Crippen LogP contribution in [0.15, 0.2) is 224 Å². The molecule has 0 saturated heterocycles. The molecule has 3 nitrogen and oxygen atoms in total. The molecule has 63 heavy (non-hydrogen) atoms. The third kappa shape index (κ3) is 6.74. The van der Waals surface area contributed by atoms with Crippen LogP contribution in [0.25, 0.3) is 120 Å². The van der Waals surface area contributed by atoms with Crippen LogP contribution in [0, 0.1) is 0 Å². The summed E-state index contributed by atoms with van der Waals surface area (Å²) in [6.07, 6.45) is 0. The standard InChI is InChI=1S/C59H37N3S/c1-3-13-38(14-4-1)40-25-29-43(30-26-40)52-37-53(62-59(61-52)44-31-27-41(28-32-44)39-15-5-2-6-16-39)47-20-11-18-45(35-47)46-19-12-21-48(36-46)57-58-56(50-23-9-10-24-54(50)63-58)55-49-22-8-7-17-42(49)33-34-51(55)60-57/h1-37H. The van der Waals surface area contributed by atoms with Crippen molar-refractivity contribution >= 4 is 53.2 Å². The Bertz CT molecular complexity index is 3550. The van der Waals surface area contributed by atoms with Gasteiger partial charge < -0.3 is 0 Å². The van der Waals surface area contributed by atoms with Crippen molar-refractivity contribution in [2.75, 3.05) is 0 Å². The fourth-order valence-corrected chi connectivity index (χ4v) is 10.1. The van der Waals surface area contributed by atoms with Gasteiger partial charge in [-0.1, -0.05) is 194 Å². The van der Waals surface area contributed by atoms with E-state index in [-0.39, 0.29) is 0 Å². The number of pyridine rings is 1. The molecular formula is C59H37N3S. The maximum atomic E-state index is 5.43. The summed E-state index contributed by atoms with van der Waals surface area (Å²) >= 11 is 1.83. The molecule has 9 aromatic carbocycles. The van der Waals surface area contributed by atoms with Gasteiger partial charge in [-0.25, -0.2) is 15.0 Å². The van der Waals surface area contributed by atoms with Crippen LogP contribution in [0.1, 0.15) is 0 Å². The predicted octanol–water partition coefficient (Wildman–Crippen LogP) is 16.2. The van der Waals surface area contributed by atoms with E-state index in [9.17, 15) is 0 Å². The molecule has 294 valence electrons. The predicted molar refractivity (Wildman–Crippen MR) is 266 cm³/mol. The number of benzene rings is 9. The second-order valence-corrected chi connectivity index (χ2v) is 17.0. The molecule has 0 spiro atoms. The minimum atomic E-state index is 0.684. The van der Waals surface area contributed by atoms with Crippen LogP contribution in [0.3, 0.4) is 0 Å². The molecule has 12 rings (SSSR count). The molecule has 0 aliphatic rings. The maximum absolute atomic E-state index is 5.43. The number of hydrogen-bond donors (Lipinski definition) is 0. The van der Waals surface area contributed by atoms with Crippen LogP contribution in [0.4, 0.5) is 0 Å². The Kier molecular flexibility index (Phi) is 9.02. The highest BCUT2D eigenvalue weighted by atomic mass is 32.1. The molecule has 0 atom stereocenters. The monoisotopic (exact) mass is 819 g/mol. The highest BCUT2D eigenvalue weighted by molar-refractivity contribution is 7.26. The third-order valence-corrected chi connectivity index (χ3v) is 13.3. The van der Waals surface area contributed by atoms with E-state index in [4.69, 9.17) is 15.0 Å². The summed E-state index contributed by atoms with van der Waals surface area (Å²) in [5.74, 6) is 0.684. The molecule has 3 aromatic heterocycles. The van der Waals surface area contributed by atoms with Crippen LogP contribution in [0.5, 0.6) is 0 Å². The molecule has 0 saturated carbocycles. The fourth-order valence-electron chi connectivity index (χ4n) is 8.93. The molecule has 0 amide bonds. The molecule has 0 aliphatic carbocycles. The zero-order chi connectivity index (χ0) is 41.7. The number of hydrogen-bond acceptors (Lipinski definition) is 4. The molecule has 0 fully saturated rings. The van der Waals surface area contributed by atoms with Crippen LogP contribution in [-0.4, -0.2) is 15.0 Å². The molecular weight excluding hydrogens is 783 g/mol. The van der Waals surface area contributed by atoms with Crippen LogP contribution < -0.4 is 0 Å². The van der Waals surface area contributed by atoms with Crippen molar-refractivity contribution < 1.29 is 0 Å². The van der Waals surface area contributed by atoms with E-state index in [2.05, 4.69) is 212 Å². The van der Waals surface area contributed by atoms with Gasteiger partial charge in [-0.05, 0) is 74.5 Å². The number of rotatable bonds is 7. The summed E-state index contributed by atoms with van der Waals surface area (Å²) in [7, 11) is 0. The largest absolute Gasteiger partial charge is 0.246 e. The average Bonchev–Trinajstić information content (AvgIpc) is 3.76. The van der Waals surface area contributed by atoms with E-state index in [0.29, 0.717) is 5.82 Å². The summed E-state index contributed by atoms with van der Waals surface area (Å²) in [6.45, 7) is 0.